The lowest BCUT2D eigenvalue weighted by Crippen LogP contribution is -2.24. The Bertz CT molecular complexity index is 579. The van der Waals surface area contributed by atoms with Gasteiger partial charge in [-0.3, -0.25) is 0 Å². The van der Waals surface area contributed by atoms with Crippen LogP contribution in [0.25, 0.3) is 0 Å². The highest BCUT2D eigenvalue weighted by molar-refractivity contribution is 7.11. The average molecular weight is 275 g/mol. The fraction of sp³-hybridized carbons (Fsp3) is 0.438. The van der Waals surface area contributed by atoms with Crippen LogP contribution in [-0.2, 0) is 12.0 Å². The summed E-state index contributed by atoms with van der Waals surface area (Å²) in [5.41, 5.74) is 3.62. The Kier molecular flexibility index (Phi) is 3.79. The highest BCUT2D eigenvalue weighted by Gasteiger charge is 2.25. The lowest BCUT2D eigenvalue weighted by molar-refractivity contribution is 0.0575. The van der Waals surface area contributed by atoms with E-state index < -0.39 is 5.60 Å². The number of aromatic nitrogens is 1. The maximum absolute atomic E-state index is 10.7. The van der Waals surface area contributed by atoms with Crippen LogP contribution in [0.15, 0.2) is 18.2 Å². The molecule has 3 heteroatoms. The lowest BCUT2D eigenvalue weighted by Gasteiger charge is -2.23. The molecule has 0 saturated heterocycles. The highest BCUT2D eigenvalue weighted by atomic mass is 32.1. The van der Waals surface area contributed by atoms with Crippen molar-refractivity contribution in [2.75, 3.05) is 0 Å². The van der Waals surface area contributed by atoms with Crippen LogP contribution < -0.4 is 0 Å². The Morgan fingerprint density at radius 3 is 2.37 bits per heavy atom. The van der Waals surface area contributed by atoms with Gasteiger partial charge in [0.2, 0.25) is 0 Å². The third kappa shape index (κ3) is 3.04. The zero-order chi connectivity index (χ0) is 14.2. The lowest BCUT2D eigenvalue weighted by atomic mass is 9.90. The van der Waals surface area contributed by atoms with E-state index >= 15 is 0 Å². The molecule has 2 aromatic rings. The van der Waals surface area contributed by atoms with E-state index in [1.54, 1.807) is 11.3 Å². The van der Waals surface area contributed by atoms with Crippen molar-refractivity contribution < 1.29 is 5.11 Å². The summed E-state index contributed by atoms with van der Waals surface area (Å²) in [5, 5.41) is 11.7. The third-order valence-corrected chi connectivity index (χ3v) is 4.77. The first-order chi connectivity index (χ1) is 8.79. The van der Waals surface area contributed by atoms with Crippen LogP contribution >= 0.6 is 11.3 Å². The summed E-state index contributed by atoms with van der Waals surface area (Å²) in [7, 11) is 0. The predicted octanol–water partition coefficient (Wildman–Crippen LogP) is 3.83. The molecule has 1 unspecified atom stereocenters. The summed E-state index contributed by atoms with van der Waals surface area (Å²) in [6.45, 7) is 10.1. The van der Waals surface area contributed by atoms with E-state index in [0.29, 0.717) is 6.42 Å². The van der Waals surface area contributed by atoms with Gasteiger partial charge in [-0.05, 0) is 51.3 Å². The van der Waals surface area contributed by atoms with Gasteiger partial charge >= 0.3 is 0 Å². The molecular weight excluding hydrogens is 254 g/mol. The Labute approximate surface area is 119 Å². The molecule has 1 aromatic carbocycles. The molecule has 1 N–H and O–H groups in total. The molecule has 0 aliphatic rings. The molecule has 1 heterocycles. The average Bonchev–Trinajstić information content (AvgIpc) is 2.60. The minimum absolute atomic E-state index is 0.564. The zero-order valence-corrected chi connectivity index (χ0v) is 13.1. The van der Waals surface area contributed by atoms with E-state index in [1.807, 2.05) is 19.9 Å². The van der Waals surface area contributed by atoms with Crippen molar-refractivity contribution in [1.82, 2.24) is 4.98 Å². The van der Waals surface area contributed by atoms with Crippen LogP contribution in [0.1, 0.15) is 39.2 Å². The predicted molar refractivity (Wildman–Crippen MR) is 80.8 cm³/mol. The molecule has 2 rings (SSSR count). The van der Waals surface area contributed by atoms with Crippen molar-refractivity contribution in [2.24, 2.45) is 0 Å². The van der Waals surface area contributed by atoms with E-state index in [2.05, 4.69) is 37.9 Å². The van der Waals surface area contributed by atoms with Crippen LogP contribution in [-0.4, -0.2) is 10.1 Å². The molecule has 102 valence electrons. The SMILES string of the molecule is Cc1ccc(C(C)(O)Cc2nc(C)c(C)s2)cc1C. The van der Waals surface area contributed by atoms with Crippen molar-refractivity contribution in [3.63, 3.8) is 0 Å². The van der Waals surface area contributed by atoms with Crippen molar-refractivity contribution in [1.29, 1.82) is 0 Å². The summed E-state index contributed by atoms with van der Waals surface area (Å²) in [4.78, 5) is 5.75. The minimum atomic E-state index is -0.866. The second-order valence-corrected chi connectivity index (χ2v) is 6.79. The summed E-state index contributed by atoms with van der Waals surface area (Å²) >= 11 is 1.67. The minimum Gasteiger partial charge on any atom is -0.385 e. The van der Waals surface area contributed by atoms with Crippen molar-refractivity contribution in [2.45, 2.75) is 46.6 Å². The van der Waals surface area contributed by atoms with Gasteiger partial charge in [-0.1, -0.05) is 18.2 Å². The molecule has 0 saturated carbocycles. The van der Waals surface area contributed by atoms with Crippen LogP contribution in [0.4, 0.5) is 0 Å². The topological polar surface area (TPSA) is 33.1 Å². The van der Waals surface area contributed by atoms with E-state index in [1.165, 1.54) is 16.0 Å². The normalized spacial score (nSPS) is 14.4. The standard InChI is InChI=1S/C16H21NOS/c1-10-6-7-14(8-11(10)2)16(5,18)9-15-17-12(3)13(4)19-15/h6-8,18H,9H2,1-5H3. The van der Waals surface area contributed by atoms with E-state index in [4.69, 9.17) is 0 Å². The first kappa shape index (κ1) is 14.2. The number of aryl methyl sites for hydroxylation is 4. The smallest absolute Gasteiger partial charge is 0.0962 e. The summed E-state index contributed by atoms with van der Waals surface area (Å²) < 4.78 is 0. The number of benzene rings is 1. The van der Waals surface area contributed by atoms with Gasteiger partial charge in [0.05, 0.1) is 16.3 Å². The fourth-order valence-corrected chi connectivity index (χ4v) is 3.17. The highest BCUT2D eigenvalue weighted by Crippen LogP contribution is 2.29. The Balaban J connectivity index is 2.28. The first-order valence-electron chi connectivity index (χ1n) is 6.52. The molecule has 0 amide bonds. The van der Waals surface area contributed by atoms with Gasteiger partial charge in [0.25, 0.3) is 0 Å². The number of hydrogen-bond donors (Lipinski definition) is 1. The maximum Gasteiger partial charge on any atom is 0.0962 e. The summed E-state index contributed by atoms with van der Waals surface area (Å²) in [5.74, 6) is 0. The monoisotopic (exact) mass is 275 g/mol. The number of aliphatic hydroxyl groups is 1. The van der Waals surface area contributed by atoms with Crippen molar-refractivity contribution >= 4 is 11.3 Å². The van der Waals surface area contributed by atoms with E-state index in [0.717, 1.165) is 16.3 Å². The molecular formula is C16H21NOS. The summed E-state index contributed by atoms with van der Waals surface area (Å²) in [6.07, 6.45) is 0.564. The molecule has 2 nitrogen and oxygen atoms in total. The third-order valence-electron chi connectivity index (χ3n) is 3.70. The van der Waals surface area contributed by atoms with Crippen LogP contribution in [0.5, 0.6) is 0 Å². The van der Waals surface area contributed by atoms with Gasteiger partial charge in [0, 0.05) is 11.3 Å². The number of rotatable bonds is 3. The second-order valence-electron chi connectivity index (χ2n) is 5.50. The van der Waals surface area contributed by atoms with Gasteiger partial charge in [-0.2, -0.15) is 0 Å². The number of thiazole rings is 1. The molecule has 1 aromatic heterocycles. The second kappa shape index (κ2) is 5.06. The molecule has 0 bridgehead atoms. The first-order valence-corrected chi connectivity index (χ1v) is 7.34. The molecule has 0 radical (unpaired) electrons. The van der Waals surface area contributed by atoms with Crippen LogP contribution in [0, 0.1) is 27.7 Å². The Morgan fingerprint density at radius 1 is 1.16 bits per heavy atom. The number of nitrogens with zero attached hydrogens (tertiary/aromatic N) is 1. The summed E-state index contributed by atoms with van der Waals surface area (Å²) in [6, 6.07) is 6.15. The molecule has 1 atom stereocenters. The number of hydrogen-bond acceptors (Lipinski definition) is 3. The fourth-order valence-electron chi connectivity index (χ4n) is 2.09. The molecule has 19 heavy (non-hydrogen) atoms. The maximum atomic E-state index is 10.7. The van der Waals surface area contributed by atoms with Crippen molar-refractivity contribution in [3.05, 3.63) is 50.5 Å². The van der Waals surface area contributed by atoms with Gasteiger partial charge in [-0.25, -0.2) is 4.98 Å². The largest absolute Gasteiger partial charge is 0.385 e. The van der Waals surface area contributed by atoms with Crippen molar-refractivity contribution in [3.8, 4) is 0 Å². The van der Waals surface area contributed by atoms with Gasteiger partial charge < -0.3 is 5.11 Å². The van der Waals surface area contributed by atoms with Gasteiger partial charge in [0.1, 0.15) is 0 Å². The van der Waals surface area contributed by atoms with Gasteiger partial charge in [-0.15, -0.1) is 11.3 Å². The quantitative estimate of drug-likeness (QED) is 0.923. The Morgan fingerprint density at radius 2 is 1.84 bits per heavy atom. The van der Waals surface area contributed by atoms with E-state index in [9.17, 15) is 5.11 Å². The molecule has 0 spiro atoms. The van der Waals surface area contributed by atoms with Crippen LogP contribution in [0.2, 0.25) is 0 Å². The van der Waals surface area contributed by atoms with Crippen LogP contribution in [0.3, 0.4) is 0 Å². The Hall–Kier alpha value is -1.19. The van der Waals surface area contributed by atoms with E-state index in [-0.39, 0.29) is 0 Å². The molecule has 0 fully saturated rings. The van der Waals surface area contributed by atoms with Gasteiger partial charge in [0.15, 0.2) is 0 Å². The molecule has 0 aliphatic heterocycles. The zero-order valence-electron chi connectivity index (χ0n) is 12.2. The molecule has 0 aliphatic carbocycles.